The third kappa shape index (κ3) is 3.62. The van der Waals surface area contributed by atoms with Crippen molar-refractivity contribution < 1.29 is 14.3 Å². The number of nitrogens with zero attached hydrogens (tertiary/aromatic N) is 1. The molecule has 3 atom stereocenters. The fourth-order valence-corrected chi connectivity index (χ4v) is 7.78. The summed E-state index contributed by atoms with van der Waals surface area (Å²) in [5, 5.41) is 4.54. The maximum Gasteiger partial charge on any atom is 0.258 e. The molecule has 0 spiro atoms. The van der Waals surface area contributed by atoms with Gasteiger partial charge in [-0.2, -0.15) is 0 Å². The molecule has 0 radical (unpaired) electrons. The van der Waals surface area contributed by atoms with Crippen molar-refractivity contribution in [3.05, 3.63) is 76.2 Å². The average Bonchev–Trinajstić information content (AvgIpc) is 3.27. The Kier molecular flexibility index (Phi) is 4.66. The lowest BCUT2D eigenvalue weighted by atomic mass is 9.48. The molecule has 4 bridgehead atoms. The number of benzene rings is 2. The third-order valence-corrected chi connectivity index (χ3v) is 8.58. The molecule has 8 rings (SSSR count). The van der Waals surface area contributed by atoms with Gasteiger partial charge in [0.1, 0.15) is 0 Å². The largest absolute Gasteiger partial charge is 0.454 e. The summed E-state index contributed by atoms with van der Waals surface area (Å²) in [6, 6.07) is 13.2. The van der Waals surface area contributed by atoms with Crippen molar-refractivity contribution in [3.63, 3.8) is 0 Å². The van der Waals surface area contributed by atoms with E-state index < -0.39 is 0 Å². The van der Waals surface area contributed by atoms with Gasteiger partial charge in [-0.15, -0.1) is 0 Å². The Balaban J connectivity index is 1.12. The Morgan fingerprint density at radius 2 is 2.00 bits per heavy atom. The second-order valence-electron chi connectivity index (χ2n) is 11.7. The maximum atomic E-state index is 13.3. The van der Waals surface area contributed by atoms with Crippen LogP contribution in [0.3, 0.4) is 0 Å². The molecule has 1 aliphatic heterocycles. The molecular formula is C30H30N2O4. The molecule has 6 heteroatoms. The van der Waals surface area contributed by atoms with Gasteiger partial charge in [0.15, 0.2) is 11.5 Å². The molecule has 0 saturated heterocycles. The smallest absolute Gasteiger partial charge is 0.258 e. The van der Waals surface area contributed by atoms with Crippen LogP contribution in [0.4, 0.5) is 5.69 Å². The van der Waals surface area contributed by atoms with Crippen LogP contribution in [0.1, 0.15) is 51.0 Å². The SMILES string of the molecule is CC12C=C3CC(C1)CC(CC(=O)Nc1cccc4c(=O)n(Cc5ccc6c(c5)OCO6)ccc14)(C3)C2. The average molecular weight is 483 g/mol. The normalized spacial score (nSPS) is 27.4. The number of aromatic nitrogens is 1. The van der Waals surface area contributed by atoms with E-state index in [2.05, 4.69) is 18.3 Å². The Morgan fingerprint density at radius 3 is 2.86 bits per heavy atom. The van der Waals surface area contributed by atoms with E-state index >= 15 is 0 Å². The van der Waals surface area contributed by atoms with Crippen molar-refractivity contribution in [2.75, 3.05) is 12.1 Å². The number of nitrogens with one attached hydrogen (secondary N) is 1. The summed E-state index contributed by atoms with van der Waals surface area (Å²) in [6.07, 6.45) is 10.7. The summed E-state index contributed by atoms with van der Waals surface area (Å²) in [5.41, 5.74) is 3.50. The van der Waals surface area contributed by atoms with Crippen molar-refractivity contribution >= 4 is 22.4 Å². The quantitative estimate of drug-likeness (QED) is 0.478. The molecule has 2 fully saturated rings. The molecule has 4 aliphatic carbocycles. The number of pyridine rings is 1. The first-order chi connectivity index (χ1) is 17.4. The third-order valence-electron chi connectivity index (χ3n) is 8.58. The predicted octanol–water partition coefficient (Wildman–Crippen LogP) is 5.63. The molecule has 1 N–H and O–H groups in total. The minimum atomic E-state index is -0.0813. The number of fused-ring (bicyclic) bond motifs is 2. The molecule has 3 unspecified atom stereocenters. The standard InChI is InChI=1S/C30H30N2O4/c1-29-11-20-9-21(12-29)14-30(13-20,17-29)15-27(33)31-24-4-2-3-23-22(24)7-8-32(28(23)34)16-19-5-6-25-26(10-19)36-18-35-25/h2-8,10-11,21H,9,12-18H2,1H3,(H,31,33). The summed E-state index contributed by atoms with van der Waals surface area (Å²) in [7, 11) is 0. The molecular weight excluding hydrogens is 452 g/mol. The number of ether oxygens (including phenoxy) is 2. The number of amides is 1. The summed E-state index contributed by atoms with van der Waals surface area (Å²) < 4.78 is 12.5. The van der Waals surface area contributed by atoms with Gasteiger partial charge in [-0.1, -0.05) is 30.7 Å². The zero-order valence-electron chi connectivity index (χ0n) is 20.5. The highest BCUT2D eigenvalue weighted by Gasteiger charge is 2.52. The summed E-state index contributed by atoms with van der Waals surface area (Å²) in [4.78, 5) is 26.6. The first kappa shape index (κ1) is 21.7. The number of anilines is 1. The van der Waals surface area contributed by atoms with Crippen molar-refractivity contribution in [1.82, 2.24) is 4.57 Å². The summed E-state index contributed by atoms with van der Waals surface area (Å²) >= 11 is 0. The van der Waals surface area contributed by atoms with E-state index in [4.69, 9.17) is 9.47 Å². The zero-order valence-corrected chi connectivity index (χ0v) is 20.5. The Bertz CT molecular complexity index is 1500. The van der Waals surface area contributed by atoms with Crippen molar-refractivity contribution in [3.8, 4) is 11.5 Å². The van der Waals surface area contributed by atoms with E-state index in [0.29, 0.717) is 29.8 Å². The molecule has 6 nitrogen and oxygen atoms in total. The van der Waals surface area contributed by atoms with Gasteiger partial charge >= 0.3 is 0 Å². The summed E-state index contributed by atoms with van der Waals surface area (Å²) in [6.45, 7) is 3.02. The molecule has 2 heterocycles. The van der Waals surface area contributed by atoms with E-state index in [1.165, 1.54) is 12.8 Å². The summed E-state index contributed by atoms with van der Waals surface area (Å²) in [5.74, 6) is 2.21. The number of allylic oxidation sites excluding steroid dienone is 2. The monoisotopic (exact) mass is 482 g/mol. The van der Waals surface area contributed by atoms with Gasteiger partial charge in [-0.25, -0.2) is 0 Å². The molecule has 5 aliphatic rings. The van der Waals surface area contributed by atoms with E-state index in [1.807, 2.05) is 42.5 Å². The van der Waals surface area contributed by atoms with E-state index in [1.54, 1.807) is 16.3 Å². The second-order valence-corrected chi connectivity index (χ2v) is 11.7. The van der Waals surface area contributed by atoms with Crippen LogP contribution >= 0.6 is 0 Å². The van der Waals surface area contributed by atoms with Gasteiger partial charge in [0.25, 0.3) is 5.56 Å². The Morgan fingerprint density at radius 1 is 1.11 bits per heavy atom. The van der Waals surface area contributed by atoms with Crippen molar-refractivity contribution in [2.24, 2.45) is 16.7 Å². The lowest BCUT2D eigenvalue weighted by Gasteiger charge is -2.57. The Labute approximate surface area is 209 Å². The fourth-order valence-electron chi connectivity index (χ4n) is 7.78. The van der Waals surface area contributed by atoms with E-state index in [-0.39, 0.29) is 29.1 Å². The lowest BCUT2D eigenvalue weighted by Crippen LogP contribution is -2.47. The molecule has 184 valence electrons. The van der Waals surface area contributed by atoms with Gasteiger partial charge in [0.05, 0.1) is 6.54 Å². The molecule has 1 amide bonds. The topological polar surface area (TPSA) is 69.6 Å². The zero-order chi connectivity index (χ0) is 24.5. The highest BCUT2D eigenvalue weighted by atomic mass is 16.7. The molecule has 2 aromatic carbocycles. The van der Waals surface area contributed by atoms with Crippen molar-refractivity contribution in [2.45, 2.75) is 52.0 Å². The number of hydrogen-bond acceptors (Lipinski definition) is 4. The van der Waals surface area contributed by atoms with E-state index in [9.17, 15) is 9.59 Å². The van der Waals surface area contributed by atoms with Gasteiger partial charge in [-0.3, -0.25) is 9.59 Å². The van der Waals surface area contributed by atoms with Crippen LogP contribution in [0.2, 0.25) is 0 Å². The second kappa shape index (κ2) is 7.73. The Hall–Kier alpha value is -3.54. The van der Waals surface area contributed by atoms with Crippen LogP contribution in [-0.4, -0.2) is 17.3 Å². The minimum absolute atomic E-state index is 0.0539. The van der Waals surface area contributed by atoms with Gasteiger partial charge in [0, 0.05) is 29.1 Å². The highest BCUT2D eigenvalue weighted by molar-refractivity contribution is 6.02. The minimum Gasteiger partial charge on any atom is -0.454 e. The van der Waals surface area contributed by atoms with Crippen LogP contribution in [0.25, 0.3) is 10.8 Å². The predicted molar refractivity (Wildman–Crippen MR) is 138 cm³/mol. The van der Waals surface area contributed by atoms with Gasteiger partial charge < -0.3 is 19.4 Å². The molecule has 36 heavy (non-hydrogen) atoms. The van der Waals surface area contributed by atoms with E-state index in [0.717, 1.165) is 41.9 Å². The highest BCUT2D eigenvalue weighted by Crippen LogP contribution is 2.63. The molecule has 3 aromatic rings. The number of carbonyl (C=O) groups is 1. The van der Waals surface area contributed by atoms with Gasteiger partial charge in [-0.05, 0) is 84.7 Å². The van der Waals surface area contributed by atoms with Crippen LogP contribution < -0.4 is 20.3 Å². The number of rotatable bonds is 5. The first-order valence-corrected chi connectivity index (χ1v) is 12.9. The van der Waals surface area contributed by atoms with Gasteiger partial charge in [0.2, 0.25) is 12.7 Å². The van der Waals surface area contributed by atoms with Crippen LogP contribution in [0.5, 0.6) is 11.5 Å². The number of carbonyl (C=O) groups excluding carboxylic acids is 1. The molecule has 1 aromatic heterocycles. The van der Waals surface area contributed by atoms with Crippen molar-refractivity contribution in [1.29, 1.82) is 0 Å². The first-order valence-electron chi connectivity index (χ1n) is 12.9. The lowest BCUT2D eigenvalue weighted by molar-refractivity contribution is -0.121. The van der Waals surface area contributed by atoms with Crippen LogP contribution in [0, 0.1) is 16.7 Å². The molecule has 2 saturated carbocycles. The van der Waals surface area contributed by atoms with Crippen LogP contribution in [0.15, 0.2) is 65.1 Å². The fraction of sp³-hybridized carbons (Fsp3) is 0.400. The maximum absolute atomic E-state index is 13.3. The number of hydrogen-bond donors (Lipinski definition) is 1. The van der Waals surface area contributed by atoms with Crippen LogP contribution in [-0.2, 0) is 11.3 Å².